The van der Waals surface area contributed by atoms with Crippen LogP contribution in [0.3, 0.4) is 0 Å². The third-order valence-electron chi connectivity index (χ3n) is 3.57. The number of nitrogens with one attached hydrogen (secondary N) is 1. The van der Waals surface area contributed by atoms with E-state index < -0.39 is 11.9 Å². The molecule has 2 atom stereocenters. The molecule has 1 saturated heterocycles. The van der Waals surface area contributed by atoms with E-state index in [4.69, 9.17) is 14.6 Å². The molecule has 1 fully saturated rings. The van der Waals surface area contributed by atoms with Gasteiger partial charge in [0.15, 0.2) is 17.8 Å². The summed E-state index contributed by atoms with van der Waals surface area (Å²) in [7, 11) is 3.02. The Bertz CT molecular complexity index is 529. The van der Waals surface area contributed by atoms with Gasteiger partial charge < -0.3 is 19.9 Å². The molecule has 0 aromatic heterocycles. The van der Waals surface area contributed by atoms with Crippen molar-refractivity contribution >= 4 is 12.3 Å². The zero-order valence-electron chi connectivity index (χ0n) is 11.4. The van der Waals surface area contributed by atoms with Gasteiger partial charge in [0.2, 0.25) is 0 Å². The third kappa shape index (κ3) is 2.60. The number of hydrogen-bond acceptors (Lipinski definition) is 5. The van der Waals surface area contributed by atoms with Crippen molar-refractivity contribution in [3.8, 4) is 11.5 Å². The second kappa shape index (κ2) is 5.92. The Kier molecular flexibility index (Phi) is 4.24. The second-order valence-electron chi connectivity index (χ2n) is 4.69. The Hall–Kier alpha value is -2.08. The highest BCUT2D eigenvalue weighted by molar-refractivity contribution is 5.80. The first-order valence-electron chi connectivity index (χ1n) is 6.28. The summed E-state index contributed by atoms with van der Waals surface area (Å²) in [6, 6.07) is 3.16. The summed E-state index contributed by atoms with van der Waals surface area (Å²) in [6.45, 7) is 0.395. The molecule has 6 heteroatoms. The second-order valence-corrected chi connectivity index (χ2v) is 4.69. The van der Waals surface area contributed by atoms with Crippen LogP contribution in [0.5, 0.6) is 11.5 Å². The maximum Gasteiger partial charge on any atom is 0.307 e. The van der Waals surface area contributed by atoms with Crippen LogP contribution in [0, 0.1) is 5.92 Å². The molecule has 6 nitrogen and oxygen atoms in total. The molecule has 0 amide bonds. The van der Waals surface area contributed by atoms with Crippen molar-refractivity contribution in [3.63, 3.8) is 0 Å². The van der Waals surface area contributed by atoms with Gasteiger partial charge in [0.05, 0.1) is 20.1 Å². The molecule has 0 bridgehead atoms. The van der Waals surface area contributed by atoms with E-state index >= 15 is 0 Å². The summed E-state index contributed by atoms with van der Waals surface area (Å²) in [5.41, 5.74) is 1.22. The molecule has 1 aliphatic rings. The van der Waals surface area contributed by atoms with Crippen LogP contribution in [0.4, 0.5) is 0 Å². The highest BCUT2D eigenvalue weighted by Crippen LogP contribution is 2.36. The van der Waals surface area contributed by atoms with E-state index in [-0.39, 0.29) is 6.04 Å². The molecule has 2 unspecified atom stereocenters. The zero-order chi connectivity index (χ0) is 14.7. The number of carbonyl (C=O) groups excluding carboxylic acids is 1. The van der Waals surface area contributed by atoms with E-state index in [1.54, 1.807) is 12.1 Å². The van der Waals surface area contributed by atoms with Crippen molar-refractivity contribution < 1.29 is 24.2 Å². The van der Waals surface area contributed by atoms with Crippen molar-refractivity contribution in [2.45, 2.75) is 12.5 Å². The summed E-state index contributed by atoms with van der Waals surface area (Å²) >= 11 is 0. The van der Waals surface area contributed by atoms with E-state index in [9.17, 15) is 9.59 Å². The fraction of sp³-hybridized carbons (Fsp3) is 0.429. The van der Waals surface area contributed by atoms with E-state index in [0.29, 0.717) is 30.0 Å². The fourth-order valence-corrected chi connectivity index (χ4v) is 2.48. The zero-order valence-corrected chi connectivity index (χ0v) is 11.4. The molecule has 0 spiro atoms. The van der Waals surface area contributed by atoms with Gasteiger partial charge in [-0.3, -0.25) is 9.59 Å². The Morgan fingerprint density at radius 3 is 2.50 bits per heavy atom. The Morgan fingerprint density at radius 1 is 1.35 bits per heavy atom. The van der Waals surface area contributed by atoms with Crippen LogP contribution in [-0.4, -0.2) is 38.1 Å². The van der Waals surface area contributed by atoms with Crippen molar-refractivity contribution in [2.75, 3.05) is 20.8 Å². The van der Waals surface area contributed by atoms with Crippen LogP contribution in [0.1, 0.15) is 28.4 Å². The number of ether oxygens (including phenoxy) is 2. The molecule has 0 radical (unpaired) electrons. The van der Waals surface area contributed by atoms with E-state index in [2.05, 4.69) is 5.32 Å². The van der Waals surface area contributed by atoms with E-state index in [0.717, 1.165) is 11.8 Å². The molecule has 1 aromatic carbocycles. The Balaban J connectivity index is 2.36. The third-order valence-corrected chi connectivity index (χ3v) is 3.57. The van der Waals surface area contributed by atoms with Gasteiger partial charge in [-0.25, -0.2) is 0 Å². The Labute approximate surface area is 116 Å². The van der Waals surface area contributed by atoms with Gasteiger partial charge in [0.25, 0.3) is 0 Å². The highest BCUT2D eigenvalue weighted by atomic mass is 16.5. The maximum absolute atomic E-state index is 11.2. The molecule has 108 valence electrons. The molecule has 1 aliphatic heterocycles. The van der Waals surface area contributed by atoms with Crippen molar-refractivity contribution in [1.29, 1.82) is 0 Å². The first-order valence-corrected chi connectivity index (χ1v) is 6.28. The van der Waals surface area contributed by atoms with Gasteiger partial charge >= 0.3 is 5.97 Å². The maximum atomic E-state index is 11.2. The van der Waals surface area contributed by atoms with Crippen LogP contribution in [0.25, 0.3) is 0 Å². The topological polar surface area (TPSA) is 84.9 Å². The van der Waals surface area contributed by atoms with Gasteiger partial charge in [0, 0.05) is 18.2 Å². The van der Waals surface area contributed by atoms with Crippen LogP contribution in [-0.2, 0) is 4.79 Å². The molecular weight excluding hydrogens is 262 g/mol. The lowest BCUT2D eigenvalue weighted by molar-refractivity contribution is -0.141. The normalized spacial score (nSPS) is 21.5. The molecule has 0 aliphatic carbocycles. The standard InChI is InChI=1S/C14H17NO5/c1-19-12-4-9(7-16)10(5-13(12)20-2)11-3-8(6-15-11)14(17)18/h4-5,7-8,11,15H,3,6H2,1-2H3,(H,17,18). The van der Waals surface area contributed by atoms with Gasteiger partial charge in [-0.2, -0.15) is 0 Å². The molecular formula is C14H17NO5. The van der Waals surface area contributed by atoms with Crippen LogP contribution < -0.4 is 14.8 Å². The average molecular weight is 279 g/mol. The van der Waals surface area contributed by atoms with Crippen molar-refractivity contribution in [2.24, 2.45) is 5.92 Å². The van der Waals surface area contributed by atoms with Gasteiger partial charge in [0.1, 0.15) is 0 Å². The van der Waals surface area contributed by atoms with E-state index in [1.807, 2.05) is 0 Å². The SMILES string of the molecule is COc1cc(C=O)c(C2CC(C(=O)O)CN2)cc1OC. The molecule has 0 saturated carbocycles. The molecule has 2 rings (SSSR count). The quantitative estimate of drug-likeness (QED) is 0.789. The number of carbonyl (C=O) groups is 2. The monoisotopic (exact) mass is 279 g/mol. The molecule has 20 heavy (non-hydrogen) atoms. The number of carboxylic acid groups (broad SMARTS) is 1. The number of rotatable bonds is 5. The first-order chi connectivity index (χ1) is 9.60. The molecule has 2 N–H and O–H groups in total. The van der Waals surface area contributed by atoms with E-state index in [1.165, 1.54) is 14.2 Å². The largest absolute Gasteiger partial charge is 0.493 e. The lowest BCUT2D eigenvalue weighted by atomic mass is 9.96. The summed E-state index contributed by atoms with van der Waals surface area (Å²) in [4.78, 5) is 22.2. The first kappa shape index (κ1) is 14.3. The highest BCUT2D eigenvalue weighted by Gasteiger charge is 2.31. The average Bonchev–Trinajstić information content (AvgIpc) is 2.95. The number of hydrogen-bond donors (Lipinski definition) is 2. The number of aldehydes is 1. The van der Waals surface area contributed by atoms with Gasteiger partial charge in [-0.15, -0.1) is 0 Å². The van der Waals surface area contributed by atoms with Crippen LogP contribution >= 0.6 is 0 Å². The summed E-state index contributed by atoms with van der Waals surface area (Å²) in [5, 5.41) is 12.2. The summed E-state index contributed by atoms with van der Waals surface area (Å²) in [6.07, 6.45) is 1.19. The van der Waals surface area contributed by atoms with Crippen LogP contribution in [0.2, 0.25) is 0 Å². The number of methoxy groups -OCH3 is 2. The van der Waals surface area contributed by atoms with Crippen molar-refractivity contribution in [3.05, 3.63) is 23.3 Å². The predicted octanol–water partition coefficient (Wildman–Crippen LogP) is 1.25. The fourth-order valence-electron chi connectivity index (χ4n) is 2.48. The number of carboxylic acids is 1. The minimum Gasteiger partial charge on any atom is -0.493 e. The Morgan fingerprint density at radius 2 is 2.00 bits per heavy atom. The number of aliphatic carboxylic acids is 1. The summed E-state index contributed by atoms with van der Waals surface area (Å²) in [5.74, 6) is -0.263. The van der Waals surface area contributed by atoms with Gasteiger partial charge in [-0.1, -0.05) is 0 Å². The lowest BCUT2D eigenvalue weighted by Crippen LogP contribution is -2.17. The van der Waals surface area contributed by atoms with Crippen molar-refractivity contribution in [1.82, 2.24) is 5.32 Å². The molecule has 1 aromatic rings. The minimum atomic E-state index is -0.826. The lowest BCUT2D eigenvalue weighted by Gasteiger charge is -2.16. The van der Waals surface area contributed by atoms with Gasteiger partial charge in [-0.05, 0) is 24.1 Å². The minimum absolute atomic E-state index is 0.170. The smallest absolute Gasteiger partial charge is 0.307 e. The molecule has 1 heterocycles. The number of benzene rings is 1. The summed E-state index contributed by atoms with van der Waals surface area (Å²) < 4.78 is 10.4. The van der Waals surface area contributed by atoms with Crippen LogP contribution in [0.15, 0.2) is 12.1 Å². The predicted molar refractivity (Wildman–Crippen MR) is 71.4 cm³/mol.